The lowest BCUT2D eigenvalue weighted by Crippen LogP contribution is -2.43. The highest BCUT2D eigenvalue weighted by Gasteiger charge is 2.32. The largest absolute Gasteiger partial charge is 0.342 e. The highest BCUT2D eigenvalue weighted by Crippen LogP contribution is 2.36. The fourth-order valence-electron chi connectivity index (χ4n) is 3.67. The molecule has 0 saturated carbocycles. The first kappa shape index (κ1) is 15.0. The number of thiophene rings is 1. The molecule has 1 aliphatic heterocycles. The molecule has 4 heteroatoms. The maximum absolute atomic E-state index is 12.8. The summed E-state index contributed by atoms with van der Waals surface area (Å²) in [7, 11) is 0. The first-order valence-corrected chi connectivity index (χ1v) is 9.23. The number of rotatable bonds is 4. The third-order valence-corrected chi connectivity index (χ3v) is 5.96. The molecule has 1 fully saturated rings. The lowest BCUT2D eigenvalue weighted by molar-refractivity contribution is -0.134. The number of nitrogens with one attached hydrogen (secondary N) is 1. The standard InChI is InChI=1S/C17H26N2OS/c1-2-18-12-13-6-9-19(10-7-13)17(20)15-4-3-5-16-14(15)8-11-21-16/h8,11,13,15,18H,2-7,9-10,12H2,1H3. The fraction of sp³-hybridized carbons (Fsp3) is 0.706. The molecule has 0 aromatic carbocycles. The van der Waals surface area contributed by atoms with E-state index >= 15 is 0 Å². The number of likely N-dealkylation sites (tertiary alicyclic amines) is 1. The first-order chi connectivity index (χ1) is 10.3. The summed E-state index contributed by atoms with van der Waals surface area (Å²) in [4.78, 5) is 16.4. The van der Waals surface area contributed by atoms with E-state index in [-0.39, 0.29) is 5.92 Å². The number of hydrogen-bond acceptors (Lipinski definition) is 3. The Hall–Kier alpha value is -0.870. The fourth-order valence-corrected chi connectivity index (χ4v) is 4.66. The van der Waals surface area contributed by atoms with Crippen LogP contribution in [0.4, 0.5) is 0 Å². The lowest BCUT2D eigenvalue weighted by Gasteiger charge is -2.35. The number of carbonyl (C=O) groups excluding carboxylic acids is 1. The van der Waals surface area contributed by atoms with E-state index in [1.165, 1.54) is 23.3 Å². The summed E-state index contributed by atoms with van der Waals surface area (Å²) in [6, 6.07) is 2.18. The number of carbonyl (C=O) groups is 1. The van der Waals surface area contributed by atoms with Crippen molar-refractivity contribution in [3.63, 3.8) is 0 Å². The van der Waals surface area contributed by atoms with Crippen molar-refractivity contribution in [2.75, 3.05) is 26.2 Å². The minimum Gasteiger partial charge on any atom is -0.342 e. The van der Waals surface area contributed by atoms with Crippen LogP contribution in [0.3, 0.4) is 0 Å². The van der Waals surface area contributed by atoms with Gasteiger partial charge in [-0.1, -0.05) is 6.92 Å². The number of fused-ring (bicyclic) bond motifs is 1. The van der Waals surface area contributed by atoms with Crippen molar-refractivity contribution in [3.05, 3.63) is 21.9 Å². The van der Waals surface area contributed by atoms with Crippen molar-refractivity contribution in [2.45, 2.75) is 44.9 Å². The Balaban J connectivity index is 1.58. The van der Waals surface area contributed by atoms with Gasteiger partial charge in [-0.25, -0.2) is 0 Å². The molecule has 3 rings (SSSR count). The normalized spacial score (nSPS) is 23.1. The van der Waals surface area contributed by atoms with Gasteiger partial charge in [0.2, 0.25) is 5.91 Å². The third kappa shape index (κ3) is 3.32. The predicted octanol–water partition coefficient (Wildman–Crippen LogP) is 3.02. The molecular formula is C17H26N2OS. The number of aryl methyl sites for hydroxylation is 1. The number of amides is 1. The van der Waals surface area contributed by atoms with Gasteiger partial charge >= 0.3 is 0 Å². The third-order valence-electron chi connectivity index (χ3n) is 4.96. The van der Waals surface area contributed by atoms with Crippen LogP contribution in [0.1, 0.15) is 49.0 Å². The molecule has 21 heavy (non-hydrogen) atoms. The van der Waals surface area contributed by atoms with Crippen molar-refractivity contribution in [2.24, 2.45) is 5.92 Å². The smallest absolute Gasteiger partial charge is 0.230 e. The van der Waals surface area contributed by atoms with Gasteiger partial charge in [0.05, 0.1) is 5.92 Å². The summed E-state index contributed by atoms with van der Waals surface area (Å²) in [6.07, 6.45) is 5.69. The highest BCUT2D eigenvalue weighted by molar-refractivity contribution is 7.10. The topological polar surface area (TPSA) is 32.3 Å². The van der Waals surface area contributed by atoms with Crippen molar-refractivity contribution in [1.82, 2.24) is 10.2 Å². The quantitative estimate of drug-likeness (QED) is 0.927. The summed E-state index contributed by atoms with van der Waals surface area (Å²) in [5, 5.41) is 5.58. The SMILES string of the molecule is CCNCC1CCN(C(=O)C2CCCc3sccc32)CC1. The zero-order valence-electron chi connectivity index (χ0n) is 12.9. The van der Waals surface area contributed by atoms with Crippen molar-refractivity contribution < 1.29 is 4.79 Å². The Kier molecular flexibility index (Phi) is 4.96. The zero-order chi connectivity index (χ0) is 14.7. The molecule has 1 saturated heterocycles. The Morgan fingerprint density at radius 2 is 2.19 bits per heavy atom. The van der Waals surface area contributed by atoms with Gasteiger partial charge in [-0.05, 0) is 68.1 Å². The second kappa shape index (κ2) is 6.93. The van der Waals surface area contributed by atoms with Gasteiger partial charge in [0.15, 0.2) is 0 Å². The van der Waals surface area contributed by atoms with E-state index in [4.69, 9.17) is 0 Å². The van der Waals surface area contributed by atoms with E-state index < -0.39 is 0 Å². The van der Waals surface area contributed by atoms with Crippen LogP contribution in [0.5, 0.6) is 0 Å². The van der Waals surface area contributed by atoms with Crippen molar-refractivity contribution in [3.8, 4) is 0 Å². The van der Waals surface area contributed by atoms with E-state index in [0.29, 0.717) is 5.91 Å². The molecule has 0 bridgehead atoms. The Bertz CT molecular complexity index is 477. The zero-order valence-corrected chi connectivity index (χ0v) is 13.8. The van der Waals surface area contributed by atoms with Gasteiger partial charge in [-0.2, -0.15) is 0 Å². The first-order valence-electron chi connectivity index (χ1n) is 8.35. The minimum absolute atomic E-state index is 0.144. The highest BCUT2D eigenvalue weighted by atomic mass is 32.1. The van der Waals surface area contributed by atoms with Crippen LogP contribution in [0, 0.1) is 5.92 Å². The van der Waals surface area contributed by atoms with Crippen LogP contribution in [-0.2, 0) is 11.2 Å². The second-order valence-corrected chi connectivity index (χ2v) is 7.32. The van der Waals surface area contributed by atoms with Crippen LogP contribution in [0.15, 0.2) is 11.4 Å². The molecule has 1 unspecified atom stereocenters. The molecule has 2 aliphatic rings. The molecule has 1 aromatic rings. The van der Waals surface area contributed by atoms with E-state index in [9.17, 15) is 4.79 Å². The summed E-state index contributed by atoms with van der Waals surface area (Å²) >= 11 is 1.82. The average molecular weight is 306 g/mol. The lowest BCUT2D eigenvalue weighted by atomic mass is 9.86. The van der Waals surface area contributed by atoms with E-state index in [1.807, 2.05) is 11.3 Å². The molecule has 3 nitrogen and oxygen atoms in total. The van der Waals surface area contributed by atoms with Gasteiger partial charge in [-0.3, -0.25) is 4.79 Å². The molecular weight excluding hydrogens is 280 g/mol. The van der Waals surface area contributed by atoms with Crippen LogP contribution >= 0.6 is 11.3 Å². The minimum atomic E-state index is 0.144. The Morgan fingerprint density at radius 1 is 1.38 bits per heavy atom. The molecule has 1 amide bonds. The summed E-state index contributed by atoms with van der Waals surface area (Å²) in [5.41, 5.74) is 1.33. The van der Waals surface area contributed by atoms with Crippen LogP contribution in [0.25, 0.3) is 0 Å². The number of piperidine rings is 1. The van der Waals surface area contributed by atoms with Gasteiger partial charge in [0, 0.05) is 18.0 Å². The molecule has 1 aliphatic carbocycles. The molecule has 2 heterocycles. The maximum atomic E-state index is 12.8. The monoisotopic (exact) mass is 306 g/mol. The van der Waals surface area contributed by atoms with Gasteiger partial charge in [0.25, 0.3) is 0 Å². The molecule has 1 N–H and O–H groups in total. The van der Waals surface area contributed by atoms with Crippen molar-refractivity contribution >= 4 is 17.2 Å². The molecule has 1 atom stereocenters. The van der Waals surface area contributed by atoms with Crippen molar-refractivity contribution in [1.29, 1.82) is 0 Å². The summed E-state index contributed by atoms with van der Waals surface area (Å²) in [6.45, 7) is 6.20. The predicted molar refractivity (Wildman–Crippen MR) is 87.8 cm³/mol. The molecule has 0 spiro atoms. The summed E-state index contributed by atoms with van der Waals surface area (Å²) < 4.78 is 0. The Morgan fingerprint density at radius 3 is 2.95 bits per heavy atom. The van der Waals surface area contributed by atoms with Crippen LogP contribution < -0.4 is 5.32 Å². The van der Waals surface area contributed by atoms with E-state index in [0.717, 1.165) is 51.4 Å². The van der Waals surface area contributed by atoms with Gasteiger partial charge in [0.1, 0.15) is 0 Å². The van der Waals surface area contributed by atoms with Crippen LogP contribution in [0.2, 0.25) is 0 Å². The maximum Gasteiger partial charge on any atom is 0.230 e. The molecule has 116 valence electrons. The number of nitrogens with zero attached hydrogens (tertiary/aromatic N) is 1. The molecule has 1 aromatic heterocycles. The number of hydrogen-bond donors (Lipinski definition) is 1. The van der Waals surface area contributed by atoms with Gasteiger partial charge in [-0.15, -0.1) is 11.3 Å². The average Bonchev–Trinajstić information content (AvgIpc) is 3.01. The Labute approximate surface area is 131 Å². The van der Waals surface area contributed by atoms with Gasteiger partial charge < -0.3 is 10.2 Å². The molecule has 0 radical (unpaired) electrons. The van der Waals surface area contributed by atoms with E-state index in [1.54, 1.807) is 0 Å². The van der Waals surface area contributed by atoms with Crippen LogP contribution in [-0.4, -0.2) is 37.0 Å². The second-order valence-electron chi connectivity index (χ2n) is 6.32. The summed E-state index contributed by atoms with van der Waals surface area (Å²) in [5.74, 6) is 1.28. The van der Waals surface area contributed by atoms with E-state index in [2.05, 4.69) is 28.6 Å².